The Labute approximate surface area is 82.6 Å². The van der Waals surface area contributed by atoms with Crippen molar-refractivity contribution in [2.24, 2.45) is 9.98 Å². The summed E-state index contributed by atoms with van der Waals surface area (Å²) in [5, 5.41) is 2.52. The topological polar surface area (TPSA) is 70.9 Å². The number of nitrogens with zero attached hydrogens (tertiary/aromatic N) is 2. The second-order valence-corrected chi connectivity index (χ2v) is 2.45. The van der Waals surface area contributed by atoms with E-state index < -0.39 is 6.03 Å². The molecule has 0 aromatic carbocycles. The van der Waals surface area contributed by atoms with Crippen molar-refractivity contribution in [2.75, 3.05) is 0 Å². The molecule has 1 atom stereocenters. The Morgan fingerprint density at radius 3 is 2.57 bits per heavy atom. The van der Waals surface area contributed by atoms with Gasteiger partial charge in [-0.05, 0) is 19.9 Å². The molecule has 0 spiro atoms. The quantitative estimate of drug-likeness (QED) is 0.538. The van der Waals surface area contributed by atoms with Crippen LogP contribution in [0.3, 0.4) is 0 Å². The molecule has 0 aliphatic rings. The lowest BCUT2D eigenvalue weighted by molar-refractivity contribution is -0.116. The minimum atomic E-state index is -0.591. The Hall–Kier alpha value is -1.78. The maximum atomic E-state index is 10.8. The average molecular weight is 195 g/mol. The fourth-order valence-corrected chi connectivity index (χ4v) is 0.640. The Kier molecular flexibility index (Phi) is 5.85. The first-order chi connectivity index (χ1) is 6.60. The zero-order valence-corrected chi connectivity index (χ0v) is 8.23. The van der Waals surface area contributed by atoms with Gasteiger partial charge in [0.2, 0.25) is 5.91 Å². The van der Waals surface area contributed by atoms with Gasteiger partial charge in [-0.2, -0.15) is 0 Å². The number of nitrogens with one attached hydrogen (secondary N) is 1. The van der Waals surface area contributed by atoms with E-state index in [0.29, 0.717) is 0 Å². The number of hydrogen-bond acceptors (Lipinski definition) is 2. The molecule has 0 heterocycles. The molecule has 5 nitrogen and oxygen atoms in total. The van der Waals surface area contributed by atoms with E-state index in [2.05, 4.69) is 21.9 Å². The minimum Gasteiger partial charge on any atom is -0.345 e. The summed E-state index contributed by atoms with van der Waals surface area (Å²) in [6.45, 7) is 6.60. The largest absolute Gasteiger partial charge is 0.366 e. The summed E-state index contributed by atoms with van der Waals surface area (Å²) in [6, 6.07) is -0.913. The molecule has 0 aromatic heterocycles. The Morgan fingerprint density at radius 2 is 2.07 bits per heavy atom. The van der Waals surface area contributed by atoms with Crippen LogP contribution in [0.25, 0.3) is 0 Å². The van der Waals surface area contributed by atoms with E-state index in [1.165, 1.54) is 12.4 Å². The molecule has 0 saturated carbocycles. The molecule has 5 heteroatoms. The third-order valence-electron chi connectivity index (χ3n) is 1.20. The Morgan fingerprint density at radius 1 is 1.43 bits per heavy atom. The van der Waals surface area contributed by atoms with E-state index in [0.717, 1.165) is 6.08 Å². The van der Waals surface area contributed by atoms with Crippen molar-refractivity contribution >= 4 is 24.4 Å². The van der Waals surface area contributed by atoms with Crippen LogP contribution < -0.4 is 5.32 Å². The number of rotatable bonds is 3. The van der Waals surface area contributed by atoms with Gasteiger partial charge in [0.15, 0.2) is 0 Å². The molecule has 0 aliphatic carbocycles. The molecular formula is C9H13N3O2. The third-order valence-corrected chi connectivity index (χ3v) is 1.20. The first-order valence-corrected chi connectivity index (χ1v) is 4.10. The van der Waals surface area contributed by atoms with Gasteiger partial charge >= 0.3 is 6.03 Å². The van der Waals surface area contributed by atoms with Crippen LogP contribution in [0.5, 0.6) is 0 Å². The molecule has 0 rings (SSSR count). The van der Waals surface area contributed by atoms with E-state index >= 15 is 0 Å². The number of aliphatic imine (C=N–C) groups is 2. The van der Waals surface area contributed by atoms with E-state index in [-0.39, 0.29) is 11.9 Å². The lowest BCUT2D eigenvalue weighted by Gasteiger charge is -2.04. The van der Waals surface area contributed by atoms with E-state index in [1.54, 1.807) is 13.8 Å². The fraction of sp³-hybridized carbons (Fsp3) is 0.333. The molecule has 1 N–H and O–H groups in total. The van der Waals surface area contributed by atoms with Gasteiger partial charge in [0, 0.05) is 12.4 Å². The van der Waals surface area contributed by atoms with E-state index in [1.807, 2.05) is 0 Å². The summed E-state index contributed by atoms with van der Waals surface area (Å²) in [4.78, 5) is 28.5. The first kappa shape index (κ1) is 12.2. The normalized spacial score (nSPS) is 13.0. The highest BCUT2D eigenvalue weighted by Crippen LogP contribution is 1.83. The molecule has 3 amide bonds. The molecule has 0 saturated heterocycles. The van der Waals surface area contributed by atoms with Crippen molar-refractivity contribution in [3.63, 3.8) is 0 Å². The van der Waals surface area contributed by atoms with Crippen molar-refractivity contribution in [3.05, 3.63) is 12.7 Å². The van der Waals surface area contributed by atoms with Crippen LogP contribution in [-0.2, 0) is 4.79 Å². The third kappa shape index (κ3) is 5.82. The number of hydrogen-bond donors (Lipinski definition) is 1. The minimum absolute atomic E-state index is 0.310. The van der Waals surface area contributed by atoms with Crippen molar-refractivity contribution in [1.82, 2.24) is 5.32 Å². The summed E-state index contributed by atoms with van der Waals surface area (Å²) < 4.78 is 0. The summed E-state index contributed by atoms with van der Waals surface area (Å²) in [5.74, 6) is -0.310. The molecule has 0 aliphatic heterocycles. The summed E-state index contributed by atoms with van der Waals surface area (Å²) in [6.07, 6.45) is 3.82. The highest BCUT2D eigenvalue weighted by molar-refractivity contribution is 5.92. The maximum absolute atomic E-state index is 10.8. The van der Waals surface area contributed by atoms with Crippen LogP contribution in [-0.4, -0.2) is 30.4 Å². The van der Waals surface area contributed by atoms with Crippen molar-refractivity contribution in [3.8, 4) is 0 Å². The lowest BCUT2D eigenvalue weighted by Crippen LogP contribution is -2.32. The molecule has 0 radical (unpaired) electrons. The van der Waals surface area contributed by atoms with Gasteiger partial charge in [0.05, 0.1) is 6.04 Å². The van der Waals surface area contributed by atoms with Crippen LogP contribution in [0, 0.1) is 0 Å². The van der Waals surface area contributed by atoms with Crippen LogP contribution >= 0.6 is 0 Å². The average Bonchev–Trinajstić information content (AvgIpc) is 2.15. The Bertz CT molecular complexity index is 282. The van der Waals surface area contributed by atoms with Gasteiger partial charge in [-0.3, -0.25) is 4.79 Å². The summed E-state index contributed by atoms with van der Waals surface area (Å²) in [5.41, 5.74) is 0. The predicted molar refractivity (Wildman–Crippen MR) is 55.9 cm³/mol. The van der Waals surface area contributed by atoms with Crippen LogP contribution in [0.4, 0.5) is 4.79 Å². The number of amides is 3. The molecule has 14 heavy (non-hydrogen) atoms. The second-order valence-electron chi connectivity index (χ2n) is 2.45. The lowest BCUT2D eigenvalue weighted by atomic mass is 10.3. The molecule has 0 fully saturated rings. The molecule has 76 valence electrons. The highest BCUT2D eigenvalue weighted by atomic mass is 16.2. The maximum Gasteiger partial charge on any atom is 0.366 e. The number of urea groups is 1. The van der Waals surface area contributed by atoms with E-state index in [9.17, 15) is 9.59 Å². The monoisotopic (exact) mass is 195 g/mol. The second kappa shape index (κ2) is 6.71. The molecule has 1 unspecified atom stereocenters. The Balaban J connectivity index is 4.04. The number of carbonyl (C=O) groups excluding carboxylic acids is 2. The van der Waals surface area contributed by atoms with Crippen molar-refractivity contribution in [1.29, 1.82) is 0 Å². The summed E-state index contributed by atoms with van der Waals surface area (Å²) >= 11 is 0. The first-order valence-electron chi connectivity index (χ1n) is 4.10. The zero-order valence-electron chi connectivity index (χ0n) is 8.23. The number of carbonyl (C=O) groups is 2. The van der Waals surface area contributed by atoms with Gasteiger partial charge in [-0.25, -0.2) is 14.8 Å². The predicted octanol–water partition coefficient (Wildman–Crippen LogP) is 0.959. The highest BCUT2D eigenvalue weighted by Gasteiger charge is 2.00. The van der Waals surface area contributed by atoms with Crippen LogP contribution in [0.15, 0.2) is 22.6 Å². The smallest absolute Gasteiger partial charge is 0.345 e. The van der Waals surface area contributed by atoms with Crippen molar-refractivity contribution in [2.45, 2.75) is 19.9 Å². The molecular weight excluding hydrogens is 182 g/mol. The van der Waals surface area contributed by atoms with Gasteiger partial charge < -0.3 is 5.32 Å². The van der Waals surface area contributed by atoms with Gasteiger partial charge in [0.1, 0.15) is 0 Å². The fourth-order valence-electron chi connectivity index (χ4n) is 0.640. The molecule has 0 aromatic rings. The van der Waals surface area contributed by atoms with Crippen LogP contribution in [0.1, 0.15) is 13.8 Å². The van der Waals surface area contributed by atoms with Crippen molar-refractivity contribution < 1.29 is 9.59 Å². The van der Waals surface area contributed by atoms with Crippen LogP contribution in [0.2, 0.25) is 0 Å². The van der Waals surface area contributed by atoms with Gasteiger partial charge in [-0.15, -0.1) is 0 Å². The zero-order chi connectivity index (χ0) is 11.0. The standard InChI is InChI=1S/C9H13N3O2/c1-4-8(13)12-7(3)6-11-9(14)10-5-2/h4-7H,1H2,2-3H3,(H,12,13). The van der Waals surface area contributed by atoms with Gasteiger partial charge in [0.25, 0.3) is 0 Å². The summed E-state index contributed by atoms with van der Waals surface area (Å²) in [7, 11) is 0. The van der Waals surface area contributed by atoms with Gasteiger partial charge in [-0.1, -0.05) is 6.58 Å². The molecule has 0 bridgehead atoms. The van der Waals surface area contributed by atoms with E-state index in [4.69, 9.17) is 0 Å². The SMILES string of the molecule is C=CC(=O)NC(C)C=NC(=O)N=CC.